The second kappa shape index (κ2) is 6.75. The molecule has 0 atom stereocenters. The molecule has 0 saturated carbocycles. The monoisotopic (exact) mass is 385 g/mol. The zero-order valence-electron chi connectivity index (χ0n) is 14.8. The Morgan fingerprint density at radius 1 is 1.07 bits per heavy atom. The van der Waals surface area contributed by atoms with Gasteiger partial charge in [0.2, 0.25) is 10.0 Å². The van der Waals surface area contributed by atoms with E-state index in [4.69, 9.17) is 0 Å². The molecule has 1 fully saturated rings. The van der Waals surface area contributed by atoms with Crippen molar-refractivity contribution in [1.29, 1.82) is 0 Å². The van der Waals surface area contributed by atoms with Gasteiger partial charge in [-0.1, -0.05) is 0 Å². The first-order chi connectivity index (χ1) is 13.0. The topological polar surface area (TPSA) is 99.3 Å². The van der Waals surface area contributed by atoms with Gasteiger partial charge in [-0.15, -0.1) is 0 Å². The van der Waals surface area contributed by atoms with Gasteiger partial charge in [0.25, 0.3) is 0 Å². The lowest BCUT2D eigenvalue weighted by atomic mass is 10.1. The SMILES string of the molecule is CS(=O)(=O)N1CCN(c2ccc(-c3cnc4[nH]cc(C=O)c4c3)cn2)CC1. The largest absolute Gasteiger partial charge is 0.354 e. The van der Waals surface area contributed by atoms with Crippen LogP contribution in [0.3, 0.4) is 0 Å². The number of pyridine rings is 2. The predicted octanol–water partition coefficient (Wildman–Crippen LogP) is 1.52. The predicted molar refractivity (Wildman–Crippen MR) is 103 cm³/mol. The number of aromatic nitrogens is 3. The number of carbonyl (C=O) groups is 1. The number of hydrogen-bond donors (Lipinski definition) is 1. The molecule has 0 unspecified atom stereocenters. The summed E-state index contributed by atoms with van der Waals surface area (Å²) in [4.78, 5) is 25.1. The van der Waals surface area contributed by atoms with Crippen molar-refractivity contribution in [1.82, 2.24) is 19.3 Å². The zero-order valence-corrected chi connectivity index (χ0v) is 15.6. The maximum atomic E-state index is 11.6. The van der Waals surface area contributed by atoms with Crippen molar-refractivity contribution in [2.24, 2.45) is 0 Å². The molecule has 0 bridgehead atoms. The smallest absolute Gasteiger partial charge is 0.211 e. The molecular weight excluding hydrogens is 366 g/mol. The Labute approximate surface area is 156 Å². The average Bonchev–Trinajstić information content (AvgIpc) is 3.10. The summed E-state index contributed by atoms with van der Waals surface area (Å²) in [6, 6.07) is 5.80. The molecule has 1 aliphatic heterocycles. The van der Waals surface area contributed by atoms with Crippen molar-refractivity contribution in [3.05, 3.63) is 42.4 Å². The van der Waals surface area contributed by atoms with E-state index in [1.807, 2.05) is 18.2 Å². The number of aldehydes is 1. The normalized spacial score (nSPS) is 16.0. The van der Waals surface area contributed by atoms with E-state index in [9.17, 15) is 13.2 Å². The van der Waals surface area contributed by atoms with Gasteiger partial charge in [0.1, 0.15) is 11.5 Å². The Bertz CT molecular complexity index is 1080. The Morgan fingerprint density at radius 3 is 2.44 bits per heavy atom. The van der Waals surface area contributed by atoms with Gasteiger partial charge in [-0.2, -0.15) is 4.31 Å². The summed E-state index contributed by atoms with van der Waals surface area (Å²) in [7, 11) is -3.14. The fraction of sp³-hybridized carbons (Fsp3) is 0.278. The number of nitrogens with one attached hydrogen (secondary N) is 1. The second-order valence-electron chi connectivity index (χ2n) is 6.54. The quantitative estimate of drug-likeness (QED) is 0.684. The molecule has 1 saturated heterocycles. The van der Waals surface area contributed by atoms with Gasteiger partial charge >= 0.3 is 0 Å². The van der Waals surface area contributed by atoms with Crippen molar-refractivity contribution in [3.63, 3.8) is 0 Å². The van der Waals surface area contributed by atoms with E-state index in [0.29, 0.717) is 37.4 Å². The van der Waals surface area contributed by atoms with Crippen LogP contribution in [0.5, 0.6) is 0 Å². The van der Waals surface area contributed by atoms with Gasteiger partial charge in [0, 0.05) is 66.8 Å². The van der Waals surface area contributed by atoms with Crippen LogP contribution in [0.4, 0.5) is 5.82 Å². The van der Waals surface area contributed by atoms with Crippen molar-refractivity contribution in [3.8, 4) is 11.1 Å². The lowest BCUT2D eigenvalue weighted by molar-refractivity contribution is 0.112. The third-order valence-electron chi connectivity index (χ3n) is 4.80. The van der Waals surface area contributed by atoms with Crippen LogP contribution >= 0.6 is 0 Å². The lowest BCUT2D eigenvalue weighted by Crippen LogP contribution is -2.48. The second-order valence-corrected chi connectivity index (χ2v) is 8.52. The lowest BCUT2D eigenvalue weighted by Gasteiger charge is -2.34. The van der Waals surface area contributed by atoms with Gasteiger partial charge in [-0.25, -0.2) is 18.4 Å². The molecule has 3 aromatic heterocycles. The minimum absolute atomic E-state index is 0.463. The molecule has 8 nitrogen and oxygen atoms in total. The number of carbonyl (C=O) groups excluding carboxylic acids is 1. The number of sulfonamides is 1. The van der Waals surface area contributed by atoms with Crippen molar-refractivity contribution in [2.75, 3.05) is 37.3 Å². The summed E-state index contributed by atoms with van der Waals surface area (Å²) in [5.41, 5.74) is 3.04. The Hall–Kier alpha value is -2.78. The van der Waals surface area contributed by atoms with E-state index in [-0.39, 0.29) is 0 Å². The molecule has 140 valence electrons. The minimum atomic E-state index is -3.14. The molecule has 4 rings (SSSR count). The molecular formula is C18H19N5O3S. The Balaban J connectivity index is 1.54. The van der Waals surface area contributed by atoms with Crippen LogP contribution in [0.1, 0.15) is 10.4 Å². The molecule has 27 heavy (non-hydrogen) atoms. The van der Waals surface area contributed by atoms with E-state index in [1.54, 1.807) is 18.6 Å². The summed E-state index contributed by atoms with van der Waals surface area (Å²) in [6.07, 6.45) is 7.21. The first-order valence-corrected chi connectivity index (χ1v) is 10.4. The van der Waals surface area contributed by atoms with Crippen LogP contribution in [0.2, 0.25) is 0 Å². The summed E-state index contributed by atoms with van der Waals surface area (Å²) < 4.78 is 24.7. The van der Waals surface area contributed by atoms with E-state index < -0.39 is 10.0 Å². The van der Waals surface area contributed by atoms with E-state index in [1.165, 1.54) is 10.6 Å². The molecule has 3 aromatic rings. The molecule has 1 aliphatic rings. The van der Waals surface area contributed by atoms with Gasteiger partial charge in [0.05, 0.1) is 6.26 Å². The van der Waals surface area contributed by atoms with Crippen LogP contribution < -0.4 is 4.90 Å². The standard InChI is InChI=1S/C18H19N5O3S/c1-27(25,26)23-6-4-22(5-7-23)17-3-2-13(9-19-17)14-8-16-15(12-24)11-21-18(16)20-10-14/h2-3,8-12H,4-7H2,1H3,(H,20,21). The summed E-state index contributed by atoms with van der Waals surface area (Å²) in [5, 5.41) is 0.781. The highest BCUT2D eigenvalue weighted by Crippen LogP contribution is 2.25. The molecule has 9 heteroatoms. The van der Waals surface area contributed by atoms with Crippen molar-refractivity contribution in [2.45, 2.75) is 0 Å². The molecule has 0 radical (unpaired) electrons. The maximum Gasteiger partial charge on any atom is 0.211 e. The number of H-pyrrole nitrogens is 1. The average molecular weight is 385 g/mol. The highest BCUT2D eigenvalue weighted by Gasteiger charge is 2.23. The number of rotatable bonds is 4. The number of hydrogen-bond acceptors (Lipinski definition) is 6. The number of nitrogens with zero attached hydrogens (tertiary/aromatic N) is 4. The molecule has 4 heterocycles. The van der Waals surface area contributed by atoms with Crippen LogP contribution in [0.25, 0.3) is 22.2 Å². The van der Waals surface area contributed by atoms with Crippen LogP contribution in [-0.4, -0.2) is 66.4 Å². The summed E-state index contributed by atoms with van der Waals surface area (Å²) in [5.74, 6) is 0.816. The zero-order chi connectivity index (χ0) is 19.0. The van der Waals surface area contributed by atoms with Gasteiger partial charge in [0.15, 0.2) is 6.29 Å². The number of piperazine rings is 1. The van der Waals surface area contributed by atoms with Crippen molar-refractivity contribution < 1.29 is 13.2 Å². The maximum absolute atomic E-state index is 11.6. The van der Waals surface area contributed by atoms with Crippen LogP contribution in [0, 0.1) is 0 Å². The van der Waals surface area contributed by atoms with E-state index >= 15 is 0 Å². The third kappa shape index (κ3) is 3.43. The summed E-state index contributed by atoms with van der Waals surface area (Å²) >= 11 is 0. The first kappa shape index (κ1) is 17.6. The molecule has 1 N–H and O–H groups in total. The molecule has 0 aliphatic carbocycles. The van der Waals surface area contributed by atoms with Gasteiger partial charge < -0.3 is 9.88 Å². The number of anilines is 1. The number of fused-ring (bicyclic) bond motifs is 1. The third-order valence-corrected chi connectivity index (χ3v) is 6.11. The van der Waals surface area contributed by atoms with Crippen molar-refractivity contribution >= 4 is 33.2 Å². The van der Waals surface area contributed by atoms with Gasteiger partial charge in [-0.05, 0) is 18.2 Å². The fourth-order valence-corrected chi connectivity index (χ4v) is 4.10. The molecule has 0 spiro atoms. The summed E-state index contributed by atoms with van der Waals surface area (Å²) in [6.45, 7) is 2.15. The highest BCUT2D eigenvalue weighted by molar-refractivity contribution is 7.88. The van der Waals surface area contributed by atoms with Gasteiger partial charge in [-0.3, -0.25) is 4.79 Å². The first-order valence-electron chi connectivity index (χ1n) is 8.54. The van der Waals surface area contributed by atoms with Crippen LogP contribution in [-0.2, 0) is 10.0 Å². The highest BCUT2D eigenvalue weighted by atomic mass is 32.2. The Kier molecular flexibility index (Phi) is 4.40. The molecule has 0 amide bonds. The van der Waals surface area contributed by atoms with Crippen LogP contribution in [0.15, 0.2) is 36.8 Å². The fourth-order valence-electron chi connectivity index (χ4n) is 3.27. The minimum Gasteiger partial charge on any atom is -0.354 e. The molecule has 0 aromatic carbocycles. The number of aromatic amines is 1. The van der Waals surface area contributed by atoms with E-state index in [0.717, 1.165) is 28.6 Å². The Morgan fingerprint density at radius 2 is 1.81 bits per heavy atom. The van der Waals surface area contributed by atoms with E-state index in [2.05, 4.69) is 19.9 Å².